The highest BCUT2D eigenvalue weighted by molar-refractivity contribution is 6.74. The van der Waals surface area contributed by atoms with Gasteiger partial charge in [-0.1, -0.05) is 69.3 Å². The molecule has 1 heterocycles. The van der Waals surface area contributed by atoms with Crippen LogP contribution >= 0.6 is 0 Å². The number of aliphatic hydroxyl groups excluding tert-OH is 1. The lowest BCUT2D eigenvalue weighted by Gasteiger charge is -2.41. The minimum Gasteiger partial charge on any atom is -0.454 e. The molecule has 2 aromatic carbocycles. The Morgan fingerprint density at radius 1 is 1.03 bits per heavy atom. The second-order valence-electron chi connectivity index (χ2n) is 10.1. The van der Waals surface area contributed by atoms with Crippen molar-refractivity contribution in [3.63, 3.8) is 0 Å². The van der Waals surface area contributed by atoms with Gasteiger partial charge in [0.1, 0.15) is 6.10 Å². The first-order valence-electron chi connectivity index (χ1n) is 11.3. The normalized spacial score (nSPS) is 23.4. The van der Waals surface area contributed by atoms with Crippen LogP contribution in [0.3, 0.4) is 0 Å². The number of ether oxygens (including phenoxy) is 1. The number of rotatable bonds is 3. The van der Waals surface area contributed by atoms with E-state index in [0.29, 0.717) is 18.4 Å². The van der Waals surface area contributed by atoms with Gasteiger partial charge >= 0.3 is 5.97 Å². The molecule has 3 rings (SSSR count). The van der Waals surface area contributed by atoms with Gasteiger partial charge < -0.3 is 14.3 Å². The molecule has 168 valence electrons. The predicted octanol–water partition coefficient (Wildman–Crippen LogP) is 6.06. The van der Waals surface area contributed by atoms with E-state index in [-0.39, 0.29) is 17.1 Å². The van der Waals surface area contributed by atoms with E-state index < -0.39 is 20.5 Å². The summed E-state index contributed by atoms with van der Waals surface area (Å²) in [6.07, 6.45) is 1.10. The number of aliphatic hydroxyl groups is 1. The molecule has 0 saturated carbocycles. The van der Waals surface area contributed by atoms with Crippen LogP contribution in [0.4, 0.5) is 0 Å². The summed E-state index contributed by atoms with van der Waals surface area (Å²) < 4.78 is 12.7. The molecule has 0 amide bonds. The Hall–Kier alpha value is -1.95. The molecule has 3 atom stereocenters. The van der Waals surface area contributed by atoms with Crippen molar-refractivity contribution >= 4 is 14.3 Å². The van der Waals surface area contributed by atoms with E-state index in [1.165, 1.54) is 0 Å². The number of carbonyl (C=O) groups excluding carboxylic acids is 1. The number of hydrogen-bond donors (Lipinski definition) is 1. The fourth-order valence-corrected chi connectivity index (χ4v) is 5.15. The number of benzene rings is 2. The molecular formula is C26H36O4Si. The predicted molar refractivity (Wildman–Crippen MR) is 127 cm³/mol. The van der Waals surface area contributed by atoms with Crippen molar-refractivity contribution < 1.29 is 19.1 Å². The average molecular weight is 441 g/mol. The smallest absolute Gasteiger partial charge is 0.339 e. The Morgan fingerprint density at radius 2 is 1.68 bits per heavy atom. The van der Waals surface area contributed by atoms with Crippen molar-refractivity contribution in [2.75, 3.05) is 0 Å². The van der Waals surface area contributed by atoms with Crippen molar-refractivity contribution in [1.82, 2.24) is 0 Å². The molecule has 1 aliphatic rings. The zero-order chi connectivity index (χ0) is 22.6. The van der Waals surface area contributed by atoms with Gasteiger partial charge in [0, 0.05) is 6.42 Å². The van der Waals surface area contributed by atoms with Gasteiger partial charge in [-0.05, 0) is 54.6 Å². The largest absolute Gasteiger partial charge is 0.454 e. The monoisotopic (exact) mass is 440 g/mol. The van der Waals surface area contributed by atoms with Gasteiger partial charge in [-0.3, -0.25) is 0 Å². The Balaban J connectivity index is 1.97. The van der Waals surface area contributed by atoms with E-state index >= 15 is 0 Å². The first-order valence-corrected chi connectivity index (χ1v) is 14.2. The summed E-state index contributed by atoms with van der Waals surface area (Å²) in [5, 5.41) is 11.2. The van der Waals surface area contributed by atoms with Crippen LogP contribution in [0.1, 0.15) is 67.6 Å². The Bertz CT molecular complexity index is 872. The van der Waals surface area contributed by atoms with Crippen LogP contribution in [0.2, 0.25) is 18.1 Å². The molecule has 0 radical (unpaired) electrons. The number of carbonyl (C=O) groups is 1. The summed E-state index contributed by atoms with van der Waals surface area (Å²) in [5.74, 6) is -0.313. The van der Waals surface area contributed by atoms with Gasteiger partial charge in [-0.15, -0.1) is 0 Å². The van der Waals surface area contributed by atoms with E-state index in [1.54, 1.807) is 0 Å². The van der Waals surface area contributed by atoms with Crippen molar-refractivity contribution in [1.29, 1.82) is 0 Å². The standard InChI is InChI=1S/C26H36O4Si/c1-26(2,3)31(4,5)30-24-18-23(20-13-7-6-8-14-20)29-25(28)21-16-10-9-12-19(21)15-11-17-22(24)27/h6-10,12-14,16,22-24,27H,11,15,17-18H2,1-5H3/t22-,23-,24-/m1/s1. The lowest BCUT2D eigenvalue weighted by molar-refractivity contribution is -0.0215. The van der Waals surface area contributed by atoms with Crippen molar-refractivity contribution in [3.8, 4) is 0 Å². The molecule has 2 aromatic rings. The minimum atomic E-state index is -2.13. The second kappa shape index (κ2) is 9.68. The van der Waals surface area contributed by atoms with E-state index in [1.807, 2.05) is 54.6 Å². The van der Waals surface area contributed by atoms with E-state index in [0.717, 1.165) is 24.0 Å². The zero-order valence-corrected chi connectivity index (χ0v) is 20.4. The molecule has 0 aliphatic carbocycles. The van der Waals surface area contributed by atoms with Crippen LogP contribution < -0.4 is 0 Å². The molecule has 0 bridgehead atoms. The SMILES string of the molecule is CC(C)(C)[Si](C)(C)O[C@@H]1C[C@H](c2ccccc2)OC(=O)c2ccccc2CCC[C@H]1O. The molecule has 5 heteroatoms. The second-order valence-corrected chi connectivity index (χ2v) is 14.8. The van der Waals surface area contributed by atoms with Crippen LogP contribution in [0, 0.1) is 0 Å². The first kappa shape index (κ1) is 23.7. The summed E-state index contributed by atoms with van der Waals surface area (Å²) in [6, 6.07) is 17.4. The topological polar surface area (TPSA) is 55.8 Å². The van der Waals surface area contributed by atoms with Crippen LogP contribution in [0.5, 0.6) is 0 Å². The first-order chi connectivity index (χ1) is 14.6. The van der Waals surface area contributed by atoms with E-state index in [9.17, 15) is 9.90 Å². The number of hydrogen-bond acceptors (Lipinski definition) is 4. The Morgan fingerprint density at radius 3 is 2.35 bits per heavy atom. The highest BCUT2D eigenvalue weighted by atomic mass is 28.4. The maximum atomic E-state index is 13.1. The molecule has 0 fully saturated rings. The fraction of sp³-hybridized carbons (Fsp3) is 0.500. The van der Waals surface area contributed by atoms with Crippen molar-refractivity contribution in [2.24, 2.45) is 0 Å². The molecule has 1 N–H and O–H groups in total. The van der Waals surface area contributed by atoms with Gasteiger partial charge in [-0.25, -0.2) is 4.79 Å². The molecule has 31 heavy (non-hydrogen) atoms. The van der Waals surface area contributed by atoms with Crippen LogP contribution in [-0.2, 0) is 15.6 Å². The van der Waals surface area contributed by atoms with Gasteiger partial charge in [0.15, 0.2) is 8.32 Å². The molecule has 0 aromatic heterocycles. The molecule has 0 spiro atoms. The Labute approximate surface area is 187 Å². The number of aryl methyl sites for hydroxylation is 1. The summed E-state index contributed by atoms with van der Waals surface area (Å²) in [4.78, 5) is 13.1. The highest BCUT2D eigenvalue weighted by Crippen LogP contribution is 2.39. The third kappa shape index (κ3) is 5.85. The molecular weight excluding hydrogens is 404 g/mol. The molecule has 0 saturated heterocycles. The maximum Gasteiger partial charge on any atom is 0.339 e. The molecule has 1 aliphatic heterocycles. The lowest BCUT2D eigenvalue weighted by atomic mass is 9.97. The van der Waals surface area contributed by atoms with Gasteiger partial charge in [0.25, 0.3) is 0 Å². The fourth-order valence-electron chi connectivity index (χ4n) is 3.79. The molecule has 0 unspecified atom stereocenters. The highest BCUT2D eigenvalue weighted by Gasteiger charge is 2.41. The van der Waals surface area contributed by atoms with E-state index in [4.69, 9.17) is 9.16 Å². The van der Waals surface area contributed by atoms with Crippen LogP contribution in [-0.4, -0.2) is 31.6 Å². The Kier molecular flexibility index (Phi) is 7.40. The van der Waals surface area contributed by atoms with Crippen LogP contribution in [0.15, 0.2) is 54.6 Å². The average Bonchev–Trinajstić information content (AvgIpc) is 2.74. The van der Waals surface area contributed by atoms with E-state index in [2.05, 4.69) is 33.9 Å². The summed E-state index contributed by atoms with van der Waals surface area (Å²) in [7, 11) is -2.13. The van der Waals surface area contributed by atoms with Crippen LogP contribution in [0.25, 0.3) is 0 Å². The lowest BCUT2D eigenvalue weighted by Crippen LogP contribution is -2.47. The number of fused-ring (bicyclic) bond motifs is 1. The maximum absolute atomic E-state index is 13.1. The van der Waals surface area contributed by atoms with Crippen molar-refractivity contribution in [2.45, 2.75) is 82.9 Å². The van der Waals surface area contributed by atoms with Gasteiger partial charge in [-0.2, -0.15) is 0 Å². The summed E-state index contributed by atoms with van der Waals surface area (Å²) in [6.45, 7) is 11.0. The zero-order valence-electron chi connectivity index (χ0n) is 19.4. The molecule has 4 nitrogen and oxygen atoms in total. The minimum absolute atomic E-state index is 0.0219. The summed E-state index contributed by atoms with van der Waals surface area (Å²) in [5.41, 5.74) is 2.50. The van der Waals surface area contributed by atoms with Gasteiger partial charge in [0.2, 0.25) is 0 Å². The quantitative estimate of drug-likeness (QED) is 0.465. The van der Waals surface area contributed by atoms with Gasteiger partial charge in [0.05, 0.1) is 17.8 Å². The third-order valence-corrected chi connectivity index (χ3v) is 11.2. The number of esters is 1. The summed E-state index contributed by atoms with van der Waals surface area (Å²) >= 11 is 0. The van der Waals surface area contributed by atoms with Crippen molar-refractivity contribution in [3.05, 3.63) is 71.3 Å². The number of cyclic esters (lactones) is 1. The third-order valence-electron chi connectivity index (χ3n) is 6.73.